The van der Waals surface area contributed by atoms with Gasteiger partial charge in [0.25, 0.3) is 5.91 Å². The number of nitrogens with zero attached hydrogens (tertiary/aromatic N) is 2. The molecule has 140 valence electrons. The third-order valence-electron chi connectivity index (χ3n) is 5.01. The van der Waals surface area contributed by atoms with Crippen molar-refractivity contribution in [2.75, 3.05) is 26.2 Å². The fraction of sp³-hybridized carbons (Fsp3) is 0.526. The number of rotatable bonds is 4. The molecule has 6 nitrogen and oxygen atoms in total. The SMILES string of the molecule is Cl.N#Cc1ccc(C(=O)N2CCCC(CNC(=O)C3CCCN3)C2)cc1. The van der Waals surface area contributed by atoms with E-state index in [-0.39, 0.29) is 30.3 Å². The number of piperidine rings is 1. The van der Waals surface area contributed by atoms with Crippen LogP contribution in [0.2, 0.25) is 0 Å². The molecule has 7 heteroatoms. The van der Waals surface area contributed by atoms with Crippen LogP contribution >= 0.6 is 12.4 Å². The summed E-state index contributed by atoms with van der Waals surface area (Å²) in [5, 5.41) is 15.1. The maximum atomic E-state index is 12.6. The van der Waals surface area contributed by atoms with Gasteiger partial charge in [0.2, 0.25) is 5.91 Å². The molecule has 2 N–H and O–H groups in total. The molecule has 0 spiro atoms. The number of halogens is 1. The van der Waals surface area contributed by atoms with Gasteiger partial charge in [0.15, 0.2) is 0 Å². The summed E-state index contributed by atoms with van der Waals surface area (Å²) >= 11 is 0. The minimum atomic E-state index is -0.0556. The summed E-state index contributed by atoms with van der Waals surface area (Å²) < 4.78 is 0. The van der Waals surface area contributed by atoms with Crippen molar-refractivity contribution >= 4 is 24.2 Å². The Morgan fingerprint density at radius 1 is 1.23 bits per heavy atom. The fourth-order valence-electron chi connectivity index (χ4n) is 3.56. The molecule has 3 rings (SSSR count). The van der Waals surface area contributed by atoms with Gasteiger partial charge in [-0.05, 0) is 62.4 Å². The van der Waals surface area contributed by atoms with Gasteiger partial charge in [-0.1, -0.05) is 0 Å². The highest BCUT2D eigenvalue weighted by molar-refractivity contribution is 5.94. The number of amides is 2. The van der Waals surface area contributed by atoms with Gasteiger partial charge in [0, 0.05) is 25.2 Å². The summed E-state index contributed by atoms with van der Waals surface area (Å²) in [4.78, 5) is 26.6. The molecule has 0 saturated carbocycles. The molecule has 0 aromatic heterocycles. The number of hydrogen-bond donors (Lipinski definition) is 2. The Morgan fingerprint density at radius 3 is 2.65 bits per heavy atom. The molecule has 2 saturated heterocycles. The van der Waals surface area contributed by atoms with Crippen LogP contribution in [-0.4, -0.2) is 48.9 Å². The lowest BCUT2D eigenvalue weighted by Crippen LogP contribution is -2.46. The first-order valence-electron chi connectivity index (χ1n) is 8.98. The van der Waals surface area contributed by atoms with Gasteiger partial charge in [-0.2, -0.15) is 5.26 Å². The summed E-state index contributed by atoms with van der Waals surface area (Å²) in [6.45, 7) is 2.94. The quantitative estimate of drug-likeness (QED) is 0.837. The highest BCUT2D eigenvalue weighted by Crippen LogP contribution is 2.18. The number of carbonyl (C=O) groups excluding carboxylic acids is 2. The summed E-state index contributed by atoms with van der Waals surface area (Å²) in [5.74, 6) is 0.368. The van der Waals surface area contributed by atoms with E-state index in [0.29, 0.717) is 30.1 Å². The smallest absolute Gasteiger partial charge is 0.253 e. The Labute approximate surface area is 160 Å². The lowest BCUT2D eigenvalue weighted by atomic mass is 9.97. The number of hydrogen-bond acceptors (Lipinski definition) is 4. The molecule has 2 aliphatic heterocycles. The first-order valence-corrected chi connectivity index (χ1v) is 8.98. The van der Waals surface area contributed by atoms with Crippen LogP contribution in [0.15, 0.2) is 24.3 Å². The van der Waals surface area contributed by atoms with Crippen molar-refractivity contribution in [2.24, 2.45) is 5.92 Å². The average Bonchev–Trinajstić information content (AvgIpc) is 3.21. The number of nitriles is 1. The van der Waals surface area contributed by atoms with Crippen LogP contribution in [0.3, 0.4) is 0 Å². The van der Waals surface area contributed by atoms with Crippen molar-refractivity contribution in [1.29, 1.82) is 5.26 Å². The lowest BCUT2D eigenvalue weighted by molar-refractivity contribution is -0.123. The monoisotopic (exact) mass is 376 g/mol. The molecule has 0 aliphatic carbocycles. The Balaban J connectivity index is 0.00000243. The maximum Gasteiger partial charge on any atom is 0.253 e. The Bertz CT molecular complexity index is 665. The maximum absolute atomic E-state index is 12.6. The van der Waals surface area contributed by atoms with Crippen molar-refractivity contribution in [1.82, 2.24) is 15.5 Å². The third kappa shape index (κ3) is 4.96. The van der Waals surface area contributed by atoms with Crippen LogP contribution in [0.4, 0.5) is 0 Å². The molecule has 26 heavy (non-hydrogen) atoms. The fourth-order valence-corrected chi connectivity index (χ4v) is 3.56. The molecule has 2 fully saturated rings. The van der Waals surface area contributed by atoms with Crippen LogP contribution < -0.4 is 10.6 Å². The van der Waals surface area contributed by atoms with Crippen molar-refractivity contribution in [3.63, 3.8) is 0 Å². The van der Waals surface area contributed by atoms with Crippen molar-refractivity contribution in [3.8, 4) is 6.07 Å². The predicted octanol–water partition coefficient (Wildman–Crippen LogP) is 1.70. The number of carbonyl (C=O) groups is 2. The van der Waals surface area contributed by atoms with Gasteiger partial charge in [0.1, 0.15) is 0 Å². The molecular weight excluding hydrogens is 352 g/mol. The zero-order valence-corrected chi connectivity index (χ0v) is 15.6. The van der Waals surface area contributed by atoms with Gasteiger partial charge in [-0.25, -0.2) is 0 Å². The standard InChI is InChI=1S/C19H24N4O2.ClH/c20-11-14-5-7-16(8-6-14)19(25)23-10-2-3-15(13-23)12-22-18(24)17-4-1-9-21-17;/h5-8,15,17,21H,1-4,9-10,12-13H2,(H,22,24);1H. The van der Waals surface area contributed by atoms with E-state index in [1.54, 1.807) is 24.3 Å². The molecule has 2 aliphatic rings. The number of benzene rings is 1. The minimum absolute atomic E-state index is 0. The summed E-state index contributed by atoms with van der Waals surface area (Å²) in [5.41, 5.74) is 1.16. The average molecular weight is 377 g/mol. The largest absolute Gasteiger partial charge is 0.354 e. The molecule has 2 heterocycles. The van der Waals surface area contributed by atoms with E-state index < -0.39 is 0 Å². The van der Waals surface area contributed by atoms with E-state index in [9.17, 15) is 9.59 Å². The molecule has 2 atom stereocenters. The van der Waals surface area contributed by atoms with Crippen LogP contribution in [0.5, 0.6) is 0 Å². The van der Waals surface area contributed by atoms with Crippen LogP contribution in [-0.2, 0) is 4.79 Å². The van der Waals surface area contributed by atoms with Gasteiger partial charge in [-0.3, -0.25) is 9.59 Å². The summed E-state index contributed by atoms with van der Waals surface area (Å²) in [7, 11) is 0. The van der Waals surface area contributed by atoms with E-state index in [0.717, 1.165) is 38.8 Å². The topological polar surface area (TPSA) is 85.2 Å². The molecule has 2 unspecified atom stereocenters. The summed E-state index contributed by atoms with van der Waals surface area (Å²) in [6, 6.07) is 8.76. The molecule has 1 aromatic carbocycles. The van der Waals surface area contributed by atoms with Crippen molar-refractivity contribution in [2.45, 2.75) is 31.7 Å². The van der Waals surface area contributed by atoms with Gasteiger partial charge < -0.3 is 15.5 Å². The molecular formula is C19H25ClN4O2. The predicted molar refractivity (Wildman–Crippen MR) is 101 cm³/mol. The second-order valence-corrected chi connectivity index (χ2v) is 6.84. The highest BCUT2D eigenvalue weighted by atomic mass is 35.5. The molecule has 1 aromatic rings. The van der Waals surface area contributed by atoms with Crippen LogP contribution in [0, 0.1) is 17.2 Å². The zero-order chi connectivity index (χ0) is 17.6. The van der Waals surface area contributed by atoms with E-state index >= 15 is 0 Å². The van der Waals surface area contributed by atoms with Crippen molar-refractivity contribution in [3.05, 3.63) is 35.4 Å². The zero-order valence-electron chi connectivity index (χ0n) is 14.7. The van der Waals surface area contributed by atoms with Crippen LogP contribution in [0.1, 0.15) is 41.6 Å². The second kappa shape index (κ2) is 9.56. The Morgan fingerprint density at radius 2 is 2.00 bits per heavy atom. The number of likely N-dealkylation sites (tertiary alicyclic amines) is 1. The van der Waals surface area contributed by atoms with Gasteiger partial charge in [-0.15, -0.1) is 12.4 Å². The molecule has 0 radical (unpaired) electrons. The van der Waals surface area contributed by atoms with E-state index in [2.05, 4.69) is 16.7 Å². The van der Waals surface area contributed by atoms with E-state index in [4.69, 9.17) is 5.26 Å². The van der Waals surface area contributed by atoms with Crippen molar-refractivity contribution < 1.29 is 9.59 Å². The van der Waals surface area contributed by atoms with Crippen LogP contribution in [0.25, 0.3) is 0 Å². The Kier molecular flexibility index (Phi) is 7.43. The third-order valence-corrected chi connectivity index (χ3v) is 5.01. The molecule has 0 bridgehead atoms. The van der Waals surface area contributed by atoms with E-state index in [1.165, 1.54) is 0 Å². The Hall–Kier alpha value is -2.10. The summed E-state index contributed by atoms with van der Waals surface area (Å²) in [6.07, 6.45) is 3.92. The second-order valence-electron chi connectivity index (χ2n) is 6.84. The highest BCUT2D eigenvalue weighted by Gasteiger charge is 2.26. The van der Waals surface area contributed by atoms with Gasteiger partial charge in [0.05, 0.1) is 17.7 Å². The van der Waals surface area contributed by atoms with Gasteiger partial charge >= 0.3 is 0 Å². The minimum Gasteiger partial charge on any atom is -0.354 e. The molecule has 2 amide bonds. The normalized spacial score (nSPS) is 22.2. The van der Waals surface area contributed by atoms with E-state index in [1.807, 2.05) is 4.90 Å². The number of nitrogens with one attached hydrogen (secondary N) is 2. The first kappa shape index (κ1) is 20.2. The lowest BCUT2D eigenvalue weighted by Gasteiger charge is -2.33. The first-order chi connectivity index (χ1) is 12.2.